The van der Waals surface area contributed by atoms with Crippen LogP contribution < -0.4 is 10.7 Å². The van der Waals surface area contributed by atoms with Crippen LogP contribution in [0.5, 0.6) is 0 Å². The highest BCUT2D eigenvalue weighted by molar-refractivity contribution is 6.30. The highest BCUT2D eigenvalue weighted by Crippen LogP contribution is 2.31. The van der Waals surface area contributed by atoms with Crippen molar-refractivity contribution in [2.24, 2.45) is 0 Å². The van der Waals surface area contributed by atoms with Crippen LogP contribution in [0.2, 0.25) is 5.02 Å². The summed E-state index contributed by atoms with van der Waals surface area (Å²) in [6.07, 6.45) is 4.08. The third kappa shape index (κ3) is 4.13. The molecule has 2 atom stereocenters. The maximum atomic E-state index is 12.9. The van der Waals surface area contributed by atoms with Crippen molar-refractivity contribution in [2.45, 2.75) is 32.4 Å². The van der Waals surface area contributed by atoms with Crippen LogP contribution in [-0.2, 0) is 9.59 Å². The molecule has 0 radical (unpaired) electrons. The fourth-order valence-corrected chi connectivity index (χ4v) is 3.78. The molecule has 6 nitrogen and oxygen atoms in total. The topological polar surface area (TPSA) is 64.7 Å². The Hall–Kier alpha value is -2.83. The molecule has 0 spiro atoms. The summed E-state index contributed by atoms with van der Waals surface area (Å²) in [5, 5.41) is 5.37. The number of amides is 2. The molecule has 0 aromatic heterocycles. The van der Waals surface area contributed by atoms with E-state index in [9.17, 15) is 9.59 Å². The van der Waals surface area contributed by atoms with Crippen LogP contribution in [0.3, 0.4) is 0 Å². The first-order chi connectivity index (χ1) is 13.9. The summed E-state index contributed by atoms with van der Waals surface area (Å²) in [4.78, 5) is 26.8. The minimum atomic E-state index is -0.338. The maximum absolute atomic E-state index is 12.9. The molecule has 2 amide bonds. The summed E-state index contributed by atoms with van der Waals surface area (Å²) < 4.78 is 0. The molecule has 2 aromatic carbocycles. The second kappa shape index (κ2) is 7.89. The molecule has 2 aliphatic heterocycles. The Kier molecular flexibility index (Phi) is 5.30. The first kappa shape index (κ1) is 19.5. The monoisotopic (exact) mass is 410 g/mol. The number of hydrazine groups is 1. The summed E-state index contributed by atoms with van der Waals surface area (Å²) in [5.41, 5.74) is 7.42. The number of halogens is 1. The Labute approximate surface area is 175 Å². The fraction of sp³-hybridized carbons (Fsp3) is 0.273. The van der Waals surface area contributed by atoms with Gasteiger partial charge in [-0.3, -0.25) is 9.59 Å². The lowest BCUT2D eigenvalue weighted by atomic mass is 10.0. The van der Waals surface area contributed by atoms with Crippen LogP contribution in [0.15, 0.2) is 54.9 Å². The molecule has 2 aromatic rings. The Morgan fingerprint density at radius 3 is 2.62 bits per heavy atom. The largest absolute Gasteiger partial charge is 0.325 e. The Bertz CT molecular complexity index is 973. The number of fused-ring (bicyclic) bond motifs is 1. The highest BCUT2D eigenvalue weighted by Gasteiger charge is 2.40. The molecule has 150 valence electrons. The van der Waals surface area contributed by atoms with Gasteiger partial charge in [0.05, 0.1) is 6.04 Å². The highest BCUT2D eigenvalue weighted by atomic mass is 35.5. The van der Waals surface area contributed by atoms with Crippen LogP contribution in [-0.4, -0.2) is 34.3 Å². The van der Waals surface area contributed by atoms with E-state index in [-0.39, 0.29) is 30.4 Å². The van der Waals surface area contributed by atoms with Crippen LogP contribution in [0.25, 0.3) is 0 Å². The van der Waals surface area contributed by atoms with Gasteiger partial charge >= 0.3 is 0 Å². The maximum Gasteiger partial charge on any atom is 0.251 e. The number of hydrogen-bond acceptors (Lipinski definition) is 4. The molecule has 4 rings (SSSR count). The average Bonchev–Trinajstić information content (AvgIpc) is 3.13. The minimum absolute atomic E-state index is 0.0157. The van der Waals surface area contributed by atoms with Gasteiger partial charge in [0.15, 0.2) is 0 Å². The Morgan fingerprint density at radius 1 is 1.14 bits per heavy atom. The van der Waals surface area contributed by atoms with Gasteiger partial charge in [0.25, 0.3) is 5.91 Å². The summed E-state index contributed by atoms with van der Waals surface area (Å²) in [6.45, 7) is 4.01. The Morgan fingerprint density at radius 2 is 1.90 bits per heavy atom. The van der Waals surface area contributed by atoms with Gasteiger partial charge in [0.2, 0.25) is 5.91 Å². The van der Waals surface area contributed by atoms with Gasteiger partial charge in [-0.05, 0) is 61.2 Å². The van der Waals surface area contributed by atoms with Crippen LogP contribution in [0, 0.1) is 13.8 Å². The van der Waals surface area contributed by atoms with E-state index in [0.717, 1.165) is 16.8 Å². The molecule has 2 unspecified atom stereocenters. The average molecular weight is 411 g/mol. The van der Waals surface area contributed by atoms with Crippen molar-refractivity contribution < 1.29 is 9.59 Å². The normalized spacial score (nSPS) is 20.7. The second-order valence-corrected chi connectivity index (χ2v) is 7.94. The van der Waals surface area contributed by atoms with Crippen molar-refractivity contribution in [3.8, 4) is 0 Å². The number of aryl methyl sites for hydroxylation is 2. The molecular formula is C22H23ClN4O2. The van der Waals surface area contributed by atoms with E-state index in [0.29, 0.717) is 11.4 Å². The lowest BCUT2D eigenvalue weighted by Gasteiger charge is -2.31. The third-order valence-corrected chi connectivity index (χ3v) is 5.70. The number of carbonyl (C=O) groups excluding carboxylic acids is 2. The van der Waals surface area contributed by atoms with Gasteiger partial charge in [-0.25, -0.2) is 5.43 Å². The molecule has 2 aliphatic rings. The summed E-state index contributed by atoms with van der Waals surface area (Å²) in [5.74, 6) is -0.313. The van der Waals surface area contributed by atoms with Crippen molar-refractivity contribution in [3.05, 3.63) is 76.6 Å². The number of benzene rings is 2. The second-order valence-electron chi connectivity index (χ2n) is 7.50. The van der Waals surface area contributed by atoms with Gasteiger partial charge in [0.1, 0.15) is 12.6 Å². The number of anilines is 1. The predicted molar refractivity (Wildman–Crippen MR) is 113 cm³/mol. The molecule has 29 heavy (non-hydrogen) atoms. The predicted octanol–water partition coefficient (Wildman–Crippen LogP) is 3.53. The summed E-state index contributed by atoms with van der Waals surface area (Å²) >= 11 is 5.96. The van der Waals surface area contributed by atoms with E-state index < -0.39 is 0 Å². The molecule has 0 bridgehead atoms. The number of hydrogen-bond donors (Lipinski definition) is 2. The van der Waals surface area contributed by atoms with Gasteiger partial charge in [-0.1, -0.05) is 29.8 Å². The fourth-order valence-electron chi connectivity index (χ4n) is 3.65. The smallest absolute Gasteiger partial charge is 0.251 e. The van der Waals surface area contributed by atoms with Gasteiger partial charge < -0.3 is 15.2 Å². The molecule has 2 N–H and O–H groups in total. The van der Waals surface area contributed by atoms with Gasteiger partial charge in [0, 0.05) is 23.1 Å². The van der Waals surface area contributed by atoms with Crippen LogP contribution in [0.4, 0.5) is 5.69 Å². The first-order valence-electron chi connectivity index (χ1n) is 9.56. The number of nitrogens with one attached hydrogen (secondary N) is 2. The number of nitrogens with zero attached hydrogens (tertiary/aromatic N) is 2. The number of rotatable bonds is 4. The zero-order valence-electron chi connectivity index (χ0n) is 16.4. The van der Waals surface area contributed by atoms with Crippen molar-refractivity contribution >= 4 is 29.1 Å². The minimum Gasteiger partial charge on any atom is -0.325 e. The molecular weight excluding hydrogens is 388 g/mol. The van der Waals surface area contributed by atoms with E-state index in [1.165, 1.54) is 10.5 Å². The van der Waals surface area contributed by atoms with E-state index in [1.54, 1.807) is 6.20 Å². The molecule has 0 aliphatic carbocycles. The van der Waals surface area contributed by atoms with Crippen molar-refractivity contribution in [2.75, 3.05) is 11.9 Å². The lowest BCUT2D eigenvalue weighted by molar-refractivity contribution is -0.137. The molecule has 2 heterocycles. The summed E-state index contributed by atoms with van der Waals surface area (Å²) in [7, 11) is 0. The Balaban J connectivity index is 1.39. The van der Waals surface area contributed by atoms with Gasteiger partial charge in [-0.2, -0.15) is 0 Å². The van der Waals surface area contributed by atoms with E-state index in [4.69, 9.17) is 11.6 Å². The molecule has 1 fully saturated rings. The van der Waals surface area contributed by atoms with E-state index >= 15 is 0 Å². The lowest BCUT2D eigenvalue weighted by Crippen LogP contribution is -2.49. The zero-order valence-corrected chi connectivity index (χ0v) is 17.1. The third-order valence-electron chi connectivity index (χ3n) is 5.45. The van der Waals surface area contributed by atoms with Crippen LogP contribution in [0.1, 0.15) is 29.2 Å². The quantitative estimate of drug-likeness (QED) is 0.809. The van der Waals surface area contributed by atoms with Crippen molar-refractivity contribution in [1.82, 2.24) is 15.3 Å². The molecule has 7 heteroatoms. The SMILES string of the molecule is Cc1ccc(NC(=O)CN2C=CN3NC(c4ccc(Cl)cc4)CC3C2=O)cc1C. The zero-order chi connectivity index (χ0) is 20.5. The standard InChI is InChI=1S/C22H23ClN4O2/c1-14-3-8-18(11-15(14)2)24-21(28)13-26-9-10-27-20(22(26)29)12-19(25-27)16-4-6-17(23)7-5-16/h3-11,19-20,25H,12-13H2,1-2H3,(H,24,28). The number of carbonyl (C=O) groups is 2. The summed E-state index contributed by atoms with van der Waals surface area (Å²) in [6, 6.07) is 13.1. The molecule has 0 saturated carbocycles. The van der Waals surface area contributed by atoms with Crippen molar-refractivity contribution in [1.29, 1.82) is 0 Å². The van der Waals surface area contributed by atoms with E-state index in [1.807, 2.05) is 67.5 Å². The van der Waals surface area contributed by atoms with Crippen molar-refractivity contribution in [3.63, 3.8) is 0 Å². The van der Waals surface area contributed by atoms with Gasteiger partial charge in [-0.15, -0.1) is 0 Å². The molecule has 1 saturated heterocycles. The van der Waals surface area contributed by atoms with E-state index in [2.05, 4.69) is 10.7 Å². The first-order valence-corrected chi connectivity index (χ1v) is 9.94. The van der Waals surface area contributed by atoms with Crippen LogP contribution >= 0.6 is 11.6 Å².